The zero-order valence-corrected chi connectivity index (χ0v) is 12.2. The van der Waals surface area contributed by atoms with E-state index < -0.39 is 0 Å². The molecule has 0 bridgehead atoms. The van der Waals surface area contributed by atoms with Crippen LogP contribution in [0.5, 0.6) is 0 Å². The number of rotatable bonds is 6. The Labute approximate surface area is 108 Å². The zero-order chi connectivity index (χ0) is 11.3. The summed E-state index contributed by atoms with van der Waals surface area (Å²) in [5, 5.41) is 2.61. The number of carbonyl (C=O) groups is 1. The highest BCUT2D eigenvalue weighted by molar-refractivity contribution is 9.10. The molecule has 1 heterocycles. The fourth-order valence-electron chi connectivity index (χ4n) is 1.04. The van der Waals surface area contributed by atoms with Crippen LogP contribution < -0.4 is 0 Å². The summed E-state index contributed by atoms with van der Waals surface area (Å²) in [6.07, 6.45) is 1.71. The van der Waals surface area contributed by atoms with Crippen molar-refractivity contribution in [3.8, 4) is 0 Å². The molecular weight excluding hydrogens is 292 g/mol. The quantitative estimate of drug-likeness (QED) is 0.785. The Balaban J connectivity index is 2.30. The van der Waals surface area contributed by atoms with E-state index in [2.05, 4.69) is 29.8 Å². The van der Waals surface area contributed by atoms with Gasteiger partial charge in [0.1, 0.15) is 5.78 Å². The first-order valence-corrected chi connectivity index (χ1v) is 7.70. The summed E-state index contributed by atoms with van der Waals surface area (Å²) in [6.45, 7) is 4.32. The van der Waals surface area contributed by atoms with Crippen LogP contribution in [0.3, 0.4) is 0 Å². The van der Waals surface area contributed by atoms with Gasteiger partial charge in [0, 0.05) is 26.4 Å². The first kappa shape index (κ1) is 13.3. The van der Waals surface area contributed by atoms with Gasteiger partial charge in [-0.3, -0.25) is 4.79 Å². The lowest BCUT2D eigenvalue weighted by molar-refractivity contribution is -0.115. The molecule has 0 aliphatic heterocycles. The molecule has 1 unspecified atom stereocenters. The molecule has 15 heavy (non-hydrogen) atoms. The Morgan fingerprint density at radius 1 is 1.67 bits per heavy atom. The first-order chi connectivity index (χ1) is 7.11. The molecule has 0 aliphatic rings. The molecule has 0 spiro atoms. The van der Waals surface area contributed by atoms with E-state index >= 15 is 0 Å². The van der Waals surface area contributed by atoms with E-state index in [0.29, 0.717) is 23.2 Å². The van der Waals surface area contributed by atoms with E-state index in [1.54, 1.807) is 23.1 Å². The highest BCUT2D eigenvalue weighted by Crippen LogP contribution is 2.21. The average molecular weight is 307 g/mol. The van der Waals surface area contributed by atoms with Crippen LogP contribution in [-0.2, 0) is 11.2 Å². The van der Waals surface area contributed by atoms with E-state index in [0.717, 1.165) is 15.8 Å². The number of hydrogen-bond acceptors (Lipinski definition) is 3. The average Bonchev–Trinajstić information content (AvgIpc) is 2.60. The molecule has 1 aromatic heterocycles. The molecule has 84 valence electrons. The van der Waals surface area contributed by atoms with Crippen LogP contribution in [0.4, 0.5) is 0 Å². The van der Waals surface area contributed by atoms with Crippen molar-refractivity contribution in [2.45, 2.75) is 31.9 Å². The van der Waals surface area contributed by atoms with Gasteiger partial charge in [-0.1, -0.05) is 13.8 Å². The van der Waals surface area contributed by atoms with E-state index in [1.807, 2.05) is 11.4 Å². The Hall–Kier alpha value is 0.200. The number of thiophene rings is 1. The lowest BCUT2D eigenvalue weighted by Gasteiger charge is -2.06. The topological polar surface area (TPSA) is 17.1 Å². The second kappa shape index (κ2) is 6.71. The van der Waals surface area contributed by atoms with Crippen molar-refractivity contribution in [2.75, 3.05) is 5.75 Å². The number of thioether (sulfide) groups is 1. The Morgan fingerprint density at radius 2 is 2.40 bits per heavy atom. The van der Waals surface area contributed by atoms with Crippen LogP contribution in [0.25, 0.3) is 0 Å². The van der Waals surface area contributed by atoms with Crippen LogP contribution in [-0.4, -0.2) is 16.8 Å². The van der Waals surface area contributed by atoms with E-state index in [4.69, 9.17) is 0 Å². The lowest BCUT2D eigenvalue weighted by atomic mass is 10.3. The molecule has 0 radical (unpaired) electrons. The van der Waals surface area contributed by atoms with Crippen molar-refractivity contribution in [1.82, 2.24) is 0 Å². The SMILES string of the molecule is CCC(C)SCC(=O)Cc1cc(Br)cs1. The van der Waals surface area contributed by atoms with Crippen LogP contribution in [0.2, 0.25) is 0 Å². The maximum Gasteiger partial charge on any atom is 0.147 e. The zero-order valence-electron chi connectivity index (χ0n) is 8.96. The van der Waals surface area contributed by atoms with E-state index in [9.17, 15) is 4.79 Å². The van der Waals surface area contributed by atoms with Gasteiger partial charge in [-0.2, -0.15) is 11.8 Å². The second-order valence-corrected chi connectivity index (χ2v) is 6.81. The number of halogens is 1. The predicted octanol–water partition coefficient (Wildman–Crippen LogP) is 4.15. The van der Waals surface area contributed by atoms with Gasteiger partial charge in [-0.25, -0.2) is 0 Å². The third-order valence-electron chi connectivity index (χ3n) is 2.10. The largest absolute Gasteiger partial charge is 0.298 e. The first-order valence-electron chi connectivity index (χ1n) is 4.98. The van der Waals surface area contributed by atoms with Crippen molar-refractivity contribution in [1.29, 1.82) is 0 Å². The molecule has 4 heteroatoms. The molecule has 1 rings (SSSR count). The molecule has 0 aliphatic carbocycles. The van der Waals surface area contributed by atoms with Gasteiger partial charge in [-0.15, -0.1) is 11.3 Å². The number of ketones is 1. The fourth-order valence-corrected chi connectivity index (χ4v) is 3.33. The highest BCUT2D eigenvalue weighted by Gasteiger charge is 2.08. The molecule has 1 aromatic rings. The van der Waals surface area contributed by atoms with Crippen molar-refractivity contribution >= 4 is 44.8 Å². The molecular formula is C11H15BrOS2. The Kier molecular flexibility index (Phi) is 5.94. The van der Waals surface area contributed by atoms with Gasteiger partial charge in [0.2, 0.25) is 0 Å². The normalized spacial score (nSPS) is 12.7. The van der Waals surface area contributed by atoms with Crippen LogP contribution in [0.1, 0.15) is 25.1 Å². The summed E-state index contributed by atoms with van der Waals surface area (Å²) >= 11 is 6.78. The van der Waals surface area contributed by atoms with Crippen molar-refractivity contribution in [3.05, 3.63) is 20.8 Å². The highest BCUT2D eigenvalue weighted by atomic mass is 79.9. The minimum Gasteiger partial charge on any atom is -0.298 e. The van der Waals surface area contributed by atoms with Crippen LogP contribution in [0.15, 0.2) is 15.9 Å². The Bertz CT molecular complexity index is 322. The minimum atomic E-state index is 0.328. The third kappa shape index (κ3) is 5.18. The second-order valence-electron chi connectivity index (χ2n) is 3.48. The summed E-state index contributed by atoms with van der Waals surface area (Å²) in [5.74, 6) is 0.972. The van der Waals surface area contributed by atoms with Crippen LogP contribution in [0, 0.1) is 0 Å². The molecule has 1 nitrogen and oxygen atoms in total. The van der Waals surface area contributed by atoms with E-state index in [1.165, 1.54) is 0 Å². The van der Waals surface area contributed by atoms with Gasteiger partial charge in [-0.05, 0) is 28.4 Å². The standard InChI is InChI=1S/C11H15BrOS2/c1-3-8(2)14-7-10(13)5-11-4-9(12)6-15-11/h4,6,8H,3,5,7H2,1-2H3. The maximum absolute atomic E-state index is 11.6. The molecule has 0 saturated carbocycles. The third-order valence-corrected chi connectivity index (χ3v) is 5.19. The molecule has 0 aromatic carbocycles. The number of hydrogen-bond donors (Lipinski definition) is 0. The fraction of sp³-hybridized carbons (Fsp3) is 0.545. The van der Waals surface area contributed by atoms with E-state index in [-0.39, 0.29) is 0 Å². The van der Waals surface area contributed by atoms with Gasteiger partial charge < -0.3 is 0 Å². The number of Topliss-reactive ketones (excluding diaryl/α,β-unsaturated/α-hetero) is 1. The molecule has 0 amide bonds. The van der Waals surface area contributed by atoms with Crippen molar-refractivity contribution < 1.29 is 4.79 Å². The summed E-state index contributed by atoms with van der Waals surface area (Å²) in [6, 6.07) is 2.02. The van der Waals surface area contributed by atoms with Gasteiger partial charge in [0.05, 0.1) is 5.75 Å². The lowest BCUT2D eigenvalue weighted by Crippen LogP contribution is -2.07. The minimum absolute atomic E-state index is 0.328. The number of carbonyl (C=O) groups excluding carboxylic acids is 1. The summed E-state index contributed by atoms with van der Waals surface area (Å²) in [5.41, 5.74) is 0. The van der Waals surface area contributed by atoms with Gasteiger partial charge in [0.25, 0.3) is 0 Å². The molecule has 0 saturated heterocycles. The smallest absolute Gasteiger partial charge is 0.147 e. The Morgan fingerprint density at radius 3 is 2.93 bits per heavy atom. The van der Waals surface area contributed by atoms with Gasteiger partial charge >= 0.3 is 0 Å². The summed E-state index contributed by atoms with van der Waals surface area (Å²) in [4.78, 5) is 12.8. The van der Waals surface area contributed by atoms with Crippen molar-refractivity contribution in [3.63, 3.8) is 0 Å². The summed E-state index contributed by atoms with van der Waals surface area (Å²) < 4.78 is 1.07. The summed E-state index contributed by atoms with van der Waals surface area (Å²) in [7, 11) is 0. The molecule has 0 N–H and O–H groups in total. The molecule has 1 atom stereocenters. The van der Waals surface area contributed by atoms with Crippen molar-refractivity contribution in [2.24, 2.45) is 0 Å². The monoisotopic (exact) mass is 306 g/mol. The molecule has 0 fully saturated rings. The predicted molar refractivity (Wildman–Crippen MR) is 72.9 cm³/mol. The van der Waals surface area contributed by atoms with Crippen LogP contribution >= 0.6 is 39.0 Å². The van der Waals surface area contributed by atoms with Gasteiger partial charge in [0.15, 0.2) is 0 Å². The maximum atomic E-state index is 11.6.